The van der Waals surface area contributed by atoms with E-state index >= 15 is 0 Å². The van der Waals surface area contributed by atoms with Gasteiger partial charge in [-0.15, -0.1) is 0 Å². The number of para-hydroxylation sites is 1. The van der Waals surface area contributed by atoms with Gasteiger partial charge in [0.2, 0.25) is 0 Å². The zero-order chi connectivity index (χ0) is 21.1. The van der Waals surface area contributed by atoms with Crippen molar-refractivity contribution in [3.63, 3.8) is 0 Å². The molecule has 2 aromatic heterocycles. The summed E-state index contributed by atoms with van der Waals surface area (Å²) in [5, 5.41) is 0.840. The van der Waals surface area contributed by atoms with E-state index in [1.807, 2.05) is 56.0 Å². The molecule has 1 aliphatic rings. The van der Waals surface area contributed by atoms with Crippen LogP contribution in [0.4, 0.5) is 0 Å². The maximum Gasteiger partial charge on any atom is 0.254 e. The first-order chi connectivity index (χ1) is 14.5. The Hall–Kier alpha value is -2.90. The Bertz CT molecular complexity index is 1030. The first-order valence-electron chi connectivity index (χ1n) is 10.3. The van der Waals surface area contributed by atoms with Crippen LogP contribution in [-0.4, -0.2) is 57.7 Å². The van der Waals surface area contributed by atoms with Crippen LogP contribution in [0.15, 0.2) is 42.7 Å². The first-order valence-corrected chi connectivity index (χ1v) is 10.3. The molecule has 1 aromatic carbocycles. The second-order valence-electron chi connectivity index (χ2n) is 7.56. The molecule has 0 unspecified atom stereocenters. The number of carbonyl (C=O) groups excluding carboxylic acids is 1. The topological polar surface area (TPSA) is 77.4 Å². The zero-order valence-corrected chi connectivity index (χ0v) is 17.5. The van der Waals surface area contributed by atoms with Gasteiger partial charge in [-0.25, -0.2) is 15.0 Å². The number of amides is 1. The lowest BCUT2D eigenvalue weighted by Gasteiger charge is -2.35. The molecule has 0 bridgehead atoms. The smallest absolute Gasteiger partial charge is 0.254 e. The van der Waals surface area contributed by atoms with Gasteiger partial charge in [0.05, 0.1) is 29.0 Å². The van der Waals surface area contributed by atoms with Gasteiger partial charge in [-0.2, -0.15) is 0 Å². The highest BCUT2D eigenvalue weighted by Crippen LogP contribution is 2.26. The highest BCUT2D eigenvalue weighted by atomic mass is 16.5. The Balaban J connectivity index is 1.72. The highest BCUT2D eigenvalue weighted by Gasteiger charge is 2.28. The normalized spacial score (nSPS) is 19.2. The Morgan fingerprint density at radius 1 is 1.17 bits per heavy atom. The molecule has 1 aliphatic heterocycles. The molecule has 0 aliphatic carbocycles. The molecule has 0 N–H and O–H groups in total. The molecule has 30 heavy (non-hydrogen) atoms. The maximum absolute atomic E-state index is 13.5. The summed E-state index contributed by atoms with van der Waals surface area (Å²) >= 11 is 0. The van der Waals surface area contributed by atoms with Crippen molar-refractivity contribution in [1.29, 1.82) is 0 Å². The van der Waals surface area contributed by atoms with Crippen LogP contribution in [0, 0.1) is 0 Å². The average Bonchev–Trinajstić information content (AvgIpc) is 2.76. The fourth-order valence-corrected chi connectivity index (χ4v) is 3.77. The minimum atomic E-state index is -0.00858. The number of carbonyl (C=O) groups is 1. The third-order valence-corrected chi connectivity index (χ3v) is 5.09. The van der Waals surface area contributed by atoms with Crippen LogP contribution in [0.3, 0.4) is 0 Å². The van der Waals surface area contributed by atoms with Gasteiger partial charge < -0.3 is 14.4 Å². The molecule has 2 atom stereocenters. The number of fused-ring (bicyclic) bond motifs is 1. The molecular formula is C23H26N4O3. The predicted octanol–water partition coefficient (Wildman–Crippen LogP) is 3.48. The van der Waals surface area contributed by atoms with Crippen molar-refractivity contribution in [2.45, 2.75) is 39.6 Å². The lowest BCUT2D eigenvalue weighted by atomic mass is 10.0. The van der Waals surface area contributed by atoms with Crippen molar-refractivity contribution >= 4 is 16.8 Å². The number of pyridine rings is 1. The molecule has 0 radical (unpaired) electrons. The summed E-state index contributed by atoms with van der Waals surface area (Å²) in [5.74, 6) is 0.611. The molecule has 1 fully saturated rings. The van der Waals surface area contributed by atoms with Crippen LogP contribution in [0.2, 0.25) is 0 Å². The van der Waals surface area contributed by atoms with Crippen LogP contribution in [0.25, 0.3) is 22.2 Å². The summed E-state index contributed by atoms with van der Waals surface area (Å²) in [6, 6.07) is 9.56. The summed E-state index contributed by atoms with van der Waals surface area (Å²) in [4.78, 5) is 28.8. The highest BCUT2D eigenvalue weighted by molar-refractivity contribution is 6.07. The van der Waals surface area contributed by atoms with E-state index < -0.39 is 0 Å². The first kappa shape index (κ1) is 20.4. The van der Waals surface area contributed by atoms with Gasteiger partial charge in [0.15, 0.2) is 5.82 Å². The summed E-state index contributed by atoms with van der Waals surface area (Å²) in [6.45, 7) is 8.05. The van der Waals surface area contributed by atoms with E-state index in [2.05, 4.69) is 9.97 Å². The van der Waals surface area contributed by atoms with E-state index in [0.717, 1.165) is 16.5 Å². The lowest BCUT2D eigenvalue weighted by molar-refractivity contribution is -0.0585. The molecule has 1 amide bonds. The van der Waals surface area contributed by atoms with Gasteiger partial charge in [-0.3, -0.25) is 4.79 Å². The molecule has 156 valence electrons. The summed E-state index contributed by atoms with van der Waals surface area (Å²) in [7, 11) is 0. The third kappa shape index (κ3) is 4.32. The largest absolute Gasteiger partial charge is 0.374 e. The number of benzene rings is 1. The van der Waals surface area contributed by atoms with Gasteiger partial charge in [-0.1, -0.05) is 18.2 Å². The van der Waals surface area contributed by atoms with Crippen LogP contribution >= 0.6 is 0 Å². The van der Waals surface area contributed by atoms with E-state index in [1.54, 1.807) is 12.4 Å². The fourth-order valence-electron chi connectivity index (χ4n) is 3.77. The molecule has 1 saturated heterocycles. The SMILES string of the molecule is CCOCc1ncc(-c2cc(C(=O)N3C[C@@H](C)O[C@@H](C)C3)c3ccccc3n2)cn1. The quantitative estimate of drug-likeness (QED) is 0.646. The molecule has 4 rings (SSSR count). The minimum Gasteiger partial charge on any atom is -0.374 e. The number of morpholine rings is 1. The molecule has 7 heteroatoms. The molecular weight excluding hydrogens is 380 g/mol. The van der Waals surface area contributed by atoms with Gasteiger partial charge in [0.25, 0.3) is 5.91 Å². The van der Waals surface area contributed by atoms with Crippen LogP contribution in [0.5, 0.6) is 0 Å². The number of nitrogens with zero attached hydrogens (tertiary/aromatic N) is 4. The van der Waals surface area contributed by atoms with E-state index in [1.165, 1.54) is 0 Å². The summed E-state index contributed by atoms with van der Waals surface area (Å²) in [5.41, 5.74) is 2.84. The number of hydrogen-bond acceptors (Lipinski definition) is 6. The average molecular weight is 406 g/mol. The zero-order valence-electron chi connectivity index (χ0n) is 17.5. The van der Waals surface area contributed by atoms with Crippen LogP contribution in [-0.2, 0) is 16.1 Å². The van der Waals surface area contributed by atoms with Crippen LogP contribution < -0.4 is 0 Å². The van der Waals surface area contributed by atoms with Crippen LogP contribution in [0.1, 0.15) is 37.0 Å². The van der Waals surface area contributed by atoms with E-state index in [4.69, 9.17) is 14.5 Å². The lowest BCUT2D eigenvalue weighted by Crippen LogP contribution is -2.48. The maximum atomic E-state index is 13.5. The van der Waals surface area contributed by atoms with Crippen molar-refractivity contribution in [2.24, 2.45) is 0 Å². The Morgan fingerprint density at radius 2 is 1.87 bits per heavy atom. The monoisotopic (exact) mass is 406 g/mol. The number of rotatable bonds is 5. The van der Waals surface area contributed by atoms with E-state index in [9.17, 15) is 4.79 Å². The molecule has 7 nitrogen and oxygen atoms in total. The minimum absolute atomic E-state index is 0.00858. The van der Waals surface area contributed by atoms with Gasteiger partial charge >= 0.3 is 0 Å². The van der Waals surface area contributed by atoms with Crippen molar-refractivity contribution in [3.05, 3.63) is 54.1 Å². The van der Waals surface area contributed by atoms with Crippen molar-refractivity contribution < 1.29 is 14.3 Å². The molecule has 0 spiro atoms. The number of hydrogen-bond donors (Lipinski definition) is 0. The van der Waals surface area contributed by atoms with Gasteiger partial charge in [0, 0.05) is 43.0 Å². The summed E-state index contributed by atoms with van der Waals surface area (Å²) in [6.07, 6.45) is 3.48. The molecule has 0 saturated carbocycles. The van der Waals surface area contributed by atoms with Crippen molar-refractivity contribution in [2.75, 3.05) is 19.7 Å². The van der Waals surface area contributed by atoms with Gasteiger partial charge in [0.1, 0.15) is 6.61 Å². The molecule has 3 heterocycles. The number of aromatic nitrogens is 3. The Labute approximate surface area is 176 Å². The standard InChI is InChI=1S/C23H26N4O3/c1-4-29-14-22-24-10-17(11-25-22)21-9-19(18-7-5-6-8-20(18)26-21)23(28)27-12-15(2)30-16(3)13-27/h5-11,15-16H,4,12-14H2,1-3H3/t15-,16+. The molecule has 3 aromatic rings. The fraction of sp³-hybridized carbons (Fsp3) is 0.391. The van der Waals surface area contributed by atoms with E-state index in [-0.39, 0.29) is 18.1 Å². The van der Waals surface area contributed by atoms with E-state index in [0.29, 0.717) is 43.4 Å². The van der Waals surface area contributed by atoms with Crippen molar-refractivity contribution in [1.82, 2.24) is 19.9 Å². The second kappa shape index (κ2) is 8.85. The Morgan fingerprint density at radius 3 is 2.57 bits per heavy atom. The second-order valence-corrected chi connectivity index (χ2v) is 7.56. The summed E-state index contributed by atoms with van der Waals surface area (Å²) < 4.78 is 11.1. The third-order valence-electron chi connectivity index (χ3n) is 5.09. The van der Waals surface area contributed by atoms with Gasteiger partial charge in [-0.05, 0) is 32.9 Å². The predicted molar refractivity (Wildman–Crippen MR) is 114 cm³/mol. The Kier molecular flexibility index (Phi) is 6.01. The number of ether oxygens (including phenoxy) is 2. The van der Waals surface area contributed by atoms with Crippen molar-refractivity contribution in [3.8, 4) is 11.3 Å².